The quantitative estimate of drug-likeness (QED) is 0.107. The van der Waals surface area contributed by atoms with Crippen molar-refractivity contribution < 1.29 is 57.5 Å². The van der Waals surface area contributed by atoms with Gasteiger partial charge in [-0.3, -0.25) is 19.2 Å². The molecule has 1 aromatic heterocycles. The third kappa shape index (κ3) is 11.3. The number of oxazole rings is 1. The lowest BCUT2D eigenvalue weighted by Crippen LogP contribution is -2.60. The number of nitrogens with zero attached hydrogens (tertiary/aromatic N) is 3. The van der Waals surface area contributed by atoms with Gasteiger partial charge in [-0.15, -0.1) is 6.58 Å². The molecule has 0 spiro atoms. The molecule has 17 nitrogen and oxygen atoms in total. The predicted octanol–water partition coefficient (Wildman–Crippen LogP) is 4.38. The Balaban J connectivity index is 1.59. The van der Waals surface area contributed by atoms with E-state index in [1.807, 2.05) is 64.9 Å². The second-order valence-corrected chi connectivity index (χ2v) is 18.0. The number of aliphatic hydroxyl groups excluding tert-OH is 1. The first-order valence-corrected chi connectivity index (χ1v) is 21.8. The van der Waals surface area contributed by atoms with E-state index in [0.717, 1.165) is 5.56 Å². The number of carbonyl (C=O) groups excluding carboxylic acids is 3. The maximum absolute atomic E-state index is 14.6. The van der Waals surface area contributed by atoms with Crippen molar-refractivity contribution in [3.05, 3.63) is 36.4 Å². The Labute approximate surface area is 365 Å². The van der Waals surface area contributed by atoms with E-state index in [9.17, 15) is 24.6 Å². The number of cyclic esters (lactones) is 1. The molecular weight excluding hydrogens is 803 g/mol. The number of nitrogens with one attached hydrogen (secondary N) is 2. The molecule has 1 aromatic carbocycles. The van der Waals surface area contributed by atoms with E-state index < -0.39 is 89.3 Å². The highest BCUT2D eigenvalue weighted by Gasteiger charge is 2.53. The fourth-order valence-corrected chi connectivity index (χ4v) is 9.25. The van der Waals surface area contributed by atoms with Crippen molar-refractivity contribution in [2.24, 2.45) is 28.7 Å². The molecule has 1 amide bonds. The zero-order chi connectivity index (χ0) is 45.7. The van der Waals surface area contributed by atoms with Crippen LogP contribution in [-0.2, 0) is 49.5 Å². The third-order valence-electron chi connectivity index (χ3n) is 12.6. The number of likely N-dealkylation sites (N-methyl/N-ethyl adjacent to an activating group) is 1. The number of fused-ring (bicyclic) bond motifs is 6. The molecule has 3 aliphatic heterocycles. The van der Waals surface area contributed by atoms with Crippen LogP contribution in [0.15, 0.2) is 40.3 Å². The number of amides is 1. The van der Waals surface area contributed by atoms with Gasteiger partial charge in [-0.25, -0.2) is 4.99 Å². The van der Waals surface area contributed by atoms with Crippen LogP contribution >= 0.6 is 0 Å². The number of hydrogen-bond acceptors (Lipinski definition) is 16. The fraction of sp³-hybridized carbons (Fsp3) is 0.711. The lowest BCUT2D eigenvalue weighted by molar-refractivity contribution is -0.298. The number of esters is 1. The Bertz CT molecular complexity index is 1900. The fourth-order valence-electron chi connectivity index (χ4n) is 9.25. The van der Waals surface area contributed by atoms with Gasteiger partial charge in [0, 0.05) is 37.1 Å². The summed E-state index contributed by atoms with van der Waals surface area (Å²) in [6.07, 6.45) is -3.33. The van der Waals surface area contributed by atoms with Crippen molar-refractivity contribution in [3.63, 3.8) is 0 Å². The maximum Gasteiger partial charge on any atom is 0.316 e. The summed E-state index contributed by atoms with van der Waals surface area (Å²) < 4.78 is 38.5. The molecule has 2 bridgehead atoms. The summed E-state index contributed by atoms with van der Waals surface area (Å²) in [6.45, 7) is 19.4. The number of hydrogen-bond donors (Lipinski definition) is 4. The lowest BCUT2D eigenvalue weighted by atomic mass is 9.73. The van der Waals surface area contributed by atoms with Gasteiger partial charge >= 0.3 is 5.97 Å². The number of ether oxygens (including phenoxy) is 5. The highest BCUT2D eigenvalue weighted by molar-refractivity contribution is 6.00. The molecule has 0 radical (unpaired) electrons. The molecule has 1 unspecified atom stereocenters. The van der Waals surface area contributed by atoms with Gasteiger partial charge < -0.3 is 48.5 Å². The minimum atomic E-state index is -1.84. The van der Waals surface area contributed by atoms with E-state index >= 15 is 0 Å². The van der Waals surface area contributed by atoms with E-state index in [1.54, 1.807) is 19.9 Å². The number of aliphatic hydroxyl groups is 2. The third-order valence-corrected chi connectivity index (χ3v) is 12.6. The van der Waals surface area contributed by atoms with Gasteiger partial charge in [-0.1, -0.05) is 39.8 Å². The van der Waals surface area contributed by atoms with Crippen molar-refractivity contribution in [1.29, 1.82) is 0 Å². The van der Waals surface area contributed by atoms with Gasteiger partial charge in [0.15, 0.2) is 17.7 Å². The van der Waals surface area contributed by atoms with Crippen LogP contribution in [0.2, 0.25) is 0 Å². The number of anilines is 1. The molecule has 4 N–H and O–H groups in total. The van der Waals surface area contributed by atoms with Crippen LogP contribution in [-0.4, -0.2) is 137 Å². The van der Waals surface area contributed by atoms with E-state index in [4.69, 9.17) is 32.9 Å². The van der Waals surface area contributed by atoms with Crippen LogP contribution in [0.25, 0.3) is 11.1 Å². The zero-order valence-electron chi connectivity index (χ0n) is 38.2. The van der Waals surface area contributed by atoms with Gasteiger partial charge in [0.2, 0.25) is 5.91 Å². The van der Waals surface area contributed by atoms with Gasteiger partial charge in [0.1, 0.15) is 29.2 Å². The first-order valence-electron chi connectivity index (χ1n) is 21.8. The van der Waals surface area contributed by atoms with E-state index in [0.29, 0.717) is 35.8 Å². The Morgan fingerprint density at radius 2 is 1.85 bits per heavy atom. The molecule has 62 heavy (non-hydrogen) atoms. The second-order valence-electron chi connectivity index (χ2n) is 18.0. The lowest BCUT2D eigenvalue weighted by Gasteiger charge is -2.47. The summed E-state index contributed by atoms with van der Waals surface area (Å²) in [4.78, 5) is 58.4. The normalized spacial score (nSPS) is 37.4. The first-order chi connectivity index (χ1) is 29.2. The molecule has 0 aliphatic carbocycles. The van der Waals surface area contributed by atoms with E-state index in [1.165, 1.54) is 20.8 Å². The molecule has 3 saturated heterocycles. The second kappa shape index (κ2) is 20.9. The van der Waals surface area contributed by atoms with Crippen LogP contribution in [0.4, 0.5) is 6.01 Å². The van der Waals surface area contributed by atoms with Crippen LogP contribution in [0.1, 0.15) is 87.1 Å². The van der Waals surface area contributed by atoms with Gasteiger partial charge in [-0.2, -0.15) is 10.5 Å². The Kier molecular flexibility index (Phi) is 16.6. The van der Waals surface area contributed by atoms with Crippen LogP contribution in [0.3, 0.4) is 0 Å². The van der Waals surface area contributed by atoms with Crippen molar-refractivity contribution in [1.82, 2.24) is 15.4 Å². The maximum atomic E-state index is 14.6. The molecule has 3 aliphatic rings. The van der Waals surface area contributed by atoms with Crippen LogP contribution < -0.4 is 10.8 Å². The van der Waals surface area contributed by atoms with Gasteiger partial charge in [0.25, 0.3) is 6.01 Å². The Morgan fingerprint density at radius 3 is 2.52 bits per heavy atom. The molecule has 14 atom stereocenters. The molecular formula is C45H69N5O12. The number of benzene rings is 1. The number of hydroxylamine groups is 1. The molecule has 17 heteroatoms. The smallest absolute Gasteiger partial charge is 0.316 e. The van der Waals surface area contributed by atoms with Crippen molar-refractivity contribution >= 4 is 40.5 Å². The predicted molar refractivity (Wildman–Crippen MR) is 231 cm³/mol. The molecule has 3 fully saturated rings. The van der Waals surface area contributed by atoms with Crippen molar-refractivity contribution in [2.75, 3.05) is 39.2 Å². The standard InChI is InChI=1S/C45H69N5O12/c1-13-17-46-43-48-32-19-30(15-16-34(32)60-43)21-58-49-31-22-56-40-26(5)36(47-29(8)51)24(3)20-44(9,57-23-31)39(62-42-38(53)33(50(11)12)18-25(4)59-42)27(6)37(52)28(7)41(54)61-35(14-2)45(40,10)55/h13,15-16,19,24-28,31,33,35,38-40,42,49,53,55H,1,14,17-18,20-23H2,2-12H3,(H,46,48)/t24-,25-,26+,27+,28-,31?,33+,35-,38-,39-,40-,42-,44-,45-/m1/s1. The number of aromatic nitrogens is 1. The van der Waals surface area contributed by atoms with Crippen LogP contribution in [0.5, 0.6) is 0 Å². The van der Waals surface area contributed by atoms with E-state index in [-0.39, 0.29) is 44.8 Å². The molecule has 2 aromatic rings. The van der Waals surface area contributed by atoms with Crippen molar-refractivity contribution in [3.8, 4) is 0 Å². The molecule has 5 rings (SSSR count). The summed E-state index contributed by atoms with van der Waals surface area (Å²) in [6, 6.07) is 4.87. The van der Waals surface area contributed by atoms with Gasteiger partial charge in [0.05, 0.1) is 49.8 Å². The Morgan fingerprint density at radius 1 is 1.13 bits per heavy atom. The first kappa shape index (κ1) is 49.4. The zero-order valence-corrected chi connectivity index (χ0v) is 38.2. The summed E-state index contributed by atoms with van der Waals surface area (Å²) in [5.74, 6) is -5.27. The molecule has 346 valence electrons. The molecule has 0 saturated carbocycles. The topological polar surface area (TPSA) is 213 Å². The average molecular weight is 872 g/mol. The van der Waals surface area contributed by atoms with Gasteiger partial charge in [-0.05, 0) is 84.7 Å². The average Bonchev–Trinajstić information content (AvgIpc) is 3.62. The summed E-state index contributed by atoms with van der Waals surface area (Å²) in [7, 11) is 3.74. The number of Topliss-reactive ketones (excluding diaryl/α,β-unsaturated/α-hetero) is 1. The summed E-state index contributed by atoms with van der Waals surface area (Å²) in [5.41, 5.74) is 2.35. The minimum absolute atomic E-state index is 0.0555. The highest BCUT2D eigenvalue weighted by atomic mass is 16.7. The minimum Gasteiger partial charge on any atom is -0.459 e. The number of rotatable bonds is 11. The largest absolute Gasteiger partial charge is 0.459 e. The number of carbonyl (C=O) groups is 3. The SMILES string of the molecule is C=CCNc1nc2cc(CONC3CO[C@@H]4[C@@H](C)C(=NC(C)=O)[C@H](C)C[C@@](C)(OC3)[C@H](O[C@H]3O[C@H](C)C[C@H](N(C)C)[C@H]3O)[C@@H](C)C(=O)[C@@H](C)C(=O)O[C@H](CC)[C@@]4(C)O)ccc2o1. The van der Waals surface area contributed by atoms with Crippen molar-refractivity contribution in [2.45, 2.75) is 148 Å². The monoisotopic (exact) mass is 871 g/mol. The number of aliphatic imine (C=N–C) groups is 1. The molecule has 4 heterocycles. The Hall–Kier alpha value is -3.65. The highest BCUT2D eigenvalue weighted by Crippen LogP contribution is 2.40. The number of ketones is 1. The van der Waals surface area contributed by atoms with Crippen LogP contribution in [0, 0.1) is 23.7 Å². The summed E-state index contributed by atoms with van der Waals surface area (Å²) >= 11 is 0. The summed E-state index contributed by atoms with van der Waals surface area (Å²) in [5, 5.41) is 27.2. The van der Waals surface area contributed by atoms with E-state index in [2.05, 4.69) is 27.4 Å².